The van der Waals surface area contributed by atoms with Crippen molar-refractivity contribution in [3.63, 3.8) is 0 Å². The van der Waals surface area contributed by atoms with Crippen molar-refractivity contribution in [2.45, 2.75) is 0 Å². The third-order valence-corrected chi connectivity index (χ3v) is 5.16. The van der Waals surface area contributed by atoms with E-state index in [0.717, 1.165) is 0 Å². The molecule has 2 aromatic carbocycles. The molecule has 2 aromatic heterocycles. The number of aromatic nitrogens is 1. The summed E-state index contributed by atoms with van der Waals surface area (Å²) < 4.78 is 5.24. The first-order chi connectivity index (χ1) is 15.0. The number of para-hydroxylation sites is 1. The topological polar surface area (TPSA) is 121 Å². The number of phenols is 1. The van der Waals surface area contributed by atoms with Gasteiger partial charge in [-0.2, -0.15) is 5.26 Å². The molecule has 152 valence electrons. The Morgan fingerprint density at radius 1 is 1.10 bits per heavy atom. The molecule has 4 aromatic rings. The number of aromatic hydroxyl groups is 1. The molecular formula is C23H16N4O3S. The number of amides is 1. The second-order valence-corrected chi connectivity index (χ2v) is 7.39. The normalized spacial score (nSPS) is 10.3. The highest BCUT2D eigenvalue weighted by Gasteiger charge is 2.19. The largest absolute Gasteiger partial charge is 0.507 e. The number of nitrogens with one attached hydrogen (secondary N) is 1. The van der Waals surface area contributed by atoms with Crippen molar-refractivity contribution in [3.05, 3.63) is 77.7 Å². The summed E-state index contributed by atoms with van der Waals surface area (Å²) in [5.74, 6) is 0.0348. The van der Waals surface area contributed by atoms with E-state index in [1.54, 1.807) is 66.0 Å². The minimum Gasteiger partial charge on any atom is -0.507 e. The van der Waals surface area contributed by atoms with Gasteiger partial charge in [0, 0.05) is 16.8 Å². The van der Waals surface area contributed by atoms with E-state index < -0.39 is 6.09 Å². The standard InChI is InChI=1S/C23H16N4O3S/c24-13-18-17(14-5-3-6-15(25)11-14)12-19(16-7-1-2-8-20(16)28)26-22(18)27-23(29)30-21-9-4-10-31-21/h1-12,28H,25H2,(H,26,27,29). The minimum atomic E-state index is -0.778. The first kappa shape index (κ1) is 19.9. The van der Waals surface area contributed by atoms with Crippen LogP contribution in [-0.2, 0) is 0 Å². The second-order valence-electron chi connectivity index (χ2n) is 6.48. The Balaban J connectivity index is 1.85. The maximum Gasteiger partial charge on any atom is 0.419 e. The molecule has 0 aliphatic heterocycles. The van der Waals surface area contributed by atoms with E-state index in [0.29, 0.717) is 33.1 Å². The Morgan fingerprint density at radius 2 is 1.94 bits per heavy atom. The Kier molecular flexibility index (Phi) is 5.51. The van der Waals surface area contributed by atoms with Gasteiger partial charge in [0.2, 0.25) is 0 Å². The van der Waals surface area contributed by atoms with E-state index in [2.05, 4.69) is 16.4 Å². The van der Waals surface area contributed by atoms with Crippen molar-refractivity contribution >= 4 is 28.9 Å². The van der Waals surface area contributed by atoms with Gasteiger partial charge in [-0.05, 0) is 53.4 Å². The van der Waals surface area contributed by atoms with Crippen LogP contribution in [0.15, 0.2) is 72.1 Å². The number of nitrogens with zero attached hydrogens (tertiary/aromatic N) is 2. The molecule has 0 unspecified atom stereocenters. The molecule has 0 spiro atoms. The molecule has 0 radical (unpaired) electrons. The molecule has 8 heteroatoms. The maximum atomic E-state index is 12.4. The molecule has 7 nitrogen and oxygen atoms in total. The van der Waals surface area contributed by atoms with Gasteiger partial charge in [0.1, 0.15) is 17.4 Å². The molecule has 0 aliphatic rings. The SMILES string of the molecule is N#Cc1c(-c2cccc(N)c2)cc(-c2ccccc2O)nc1NC(=O)Oc1cccs1. The Morgan fingerprint density at radius 3 is 2.65 bits per heavy atom. The average Bonchev–Trinajstić information content (AvgIpc) is 3.26. The van der Waals surface area contributed by atoms with E-state index in [1.165, 1.54) is 17.4 Å². The van der Waals surface area contributed by atoms with Crippen LogP contribution in [-0.4, -0.2) is 16.2 Å². The van der Waals surface area contributed by atoms with Crippen molar-refractivity contribution < 1.29 is 14.6 Å². The number of nitrogen functional groups attached to an aromatic ring is 1. The Hall–Kier alpha value is -4.35. The van der Waals surface area contributed by atoms with Crippen LogP contribution in [0.1, 0.15) is 5.56 Å². The number of thiophene rings is 1. The van der Waals surface area contributed by atoms with E-state index in [4.69, 9.17) is 10.5 Å². The van der Waals surface area contributed by atoms with Gasteiger partial charge in [0.05, 0.1) is 5.69 Å². The molecule has 0 fully saturated rings. The number of nitriles is 1. The third-order valence-electron chi connectivity index (χ3n) is 4.42. The molecule has 0 saturated heterocycles. The summed E-state index contributed by atoms with van der Waals surface area (Å²) in [7, 11) is 0. The van der Waals surface area contributed by atoms with Crippen molar-refractivity contribution in [2.24, 2.45) is 0 Å². The summed E-state index contributed by atoms with van der Waals surface area (Å²) in [5.41, 5.74) is 8.60. The number of anilines is 2. The molecule has 31 heavy (non-hydrogen) atoms. The number of hydrogen-bond acceptors (Lipinski definition) is 7. The van der Waals surface area contributed by atoms with Gasteiger partial charge in [-0.3, -0.25) is 5.32 Å². The predicted octanol–water partition coefficient (Wildman–Crippen LogP) is 5.25. The summed E-state index contributed by atoms with van der Waals surface area (Å²) in [6.07, 6.45) is -0.778. The number of benzene rings is 2. The van der Waals surface area contributed by atoms with Crippen molar-refractivity contribution in [2.75, 3.05) is 11.1 Å². The summed E-state index contributed by atoms with van der Waals surface area (Å²) in [6.45, 7) is 0. The third kappa shape index (κ3) is 4.32. The van der Waals surface area contributed by atoms with Crippen molar-refractivity contribution in [3.8, 4) is 39.3 Å². The molecule has 0 bridgehead atoms. The number of ether oxygens (including phenoxy) is 1. The van der Waals surface area contributed by atoms with Crippen LogP contribution in [0, 0.1) is 11.3 Å². The van der Waals surface area contributed by atoms with Crippen molar-refractivity contribution in [1.82, 2.24) is 4.98 Å². The van der Waals surface area contributed by atoms with Gasteiger partial charge in [0.25, 0.3) is 0 Å². The molecule has 0 saturated carbocycles. The zero-order valence-corrected chi connectivity index (χ0v) is 16.9. The van der Waals surface area contributed by atoms with Crippen LogP contribution in [0.2, 0.25) is 0 Å². The summed E-state index contributed by atoms with van der Waals surface area (Å²) in [6, 6.07) is 20.9. The van der Waals surface area contributed by atoms with Crippen LogP contribution in [0.4, 0.5) is 16.3 Å². The van der Waals surface area contributed by atoms with E-state index >= 15 is 0 Å². The van der Waals surface area contributed by atoms with E-state index in [9.17, 15) is 15.2 Å². The van der Waals surface area contributed by atoms with Crippen LogP contribution in [0.5, 0.6) is 10.8 Å². The van der Waals surface area contributed by atoms with Gasteiger partial charge in [-0.15, -0.1) is 11.3 Å². The number of pyridine rings is 1. The van der Waals surface area contributed by atoms with Gasteiger partial charge in [-0.1, -0.05) is 24.3 Å². The van der Waals surface area contributed by atoms with Crippen LogP contribution < -0.4 is 15.8 Å². The molecule has 2 heterocycles. The molecule has 0 aliphatic carbocycles. The molecule has 0 atom stereocenters. The van der Waals surface area contributed by atoms with Crippen LogP contribution in [0.3, 0.4) is 0 Å². The Labute approximate surface area is 182 Å². The number of carbonyl (C=O) groups is 1. The smallest absolute Gasteiger partial charge is 0.419 e. The number of rotatable bonds is 4. The number of nitrogens with two attached hydrogens (primary N) is 1. The molecule has 4 rings (SSSR count). The summed E-state index contributed by atoms with van der Waals surface area (Å²) in [4.78, 5) is 16.8. The zero-order chi connectivity index (χ0) is 21.8. The molecular weight excluding hydrogens is 412 g/mol. The fourth-order valence-corrected chi connectivity index (χ4v) is 3.62. The van der Waals surface area contributed by atoms with Gasteiger partial charge < -0.3 is 15.6 Å². The lowest BCUT2D eigenvalue weighted by molar-refractivity contribution is 0.216. The lowest BCUT2D eigenvalue weighted by Crippen LogP contribution is -2.18. The second kappa shape index (κ2) is 8.57. The Bertz CT molecular complexity index is 1300. The monoisotopic (exact) mass is 428 g/mol. The maximum absolute atomic E-state index is 12.4. The highest BCUT2D eigenvalue weighted by molar-refractivity contribution is 7.11. The first-order valence-electron chi connectivity index (χ1n) is 9.17. The first-order valence-corrected chi connectivity index (χ1v) is 10.0. The van der Waals surface area contributed by atoms with E-state index in [-0.39, 0.29) is 17.1 Å². The van der Waals surface area contributed by atoms with E-state index in [1.807, 2.05) is 0 Å². The predicted molar refractivity (Wildman–Crippen MR) is 120 cm³/mol. The molecule has 1 amide bonds. The number of phenolic OH excluding ortho intramolecular Hbond substituents is 1. The fraction of sp³-hybridized carbons (Fsp3) is 0. The minimum absolute atomic E-state index is 0.0160. The summed E-state index contributed by atoms with van der Waals surface area (Å²) >= 11 is 1.26. The van der Waals surface area contributed by atoms with Crippen molar-refractivity contribution in [1.29, 1.82) is 5.26 Å². The van der Waals surface area contributed by atoms with Crippen LogP contribution in [0.25, 0.3) is 22.4 Å². The molecule has 4 N–H and O–H groups in total. The number of carbonyl (C=O) groups excluding carboxylic acids is 1. The van der Waals surface area contributed by atoms with Gasteiger partial charge in [0.15, 0.2) is 10.9 Å². The zero-order valence-electron chi connectivity index (χ0n) is 16.1. The van der Waals surface area contributed by atoms with Crippen LogP contribution >= 0.6 is 11.3 Å². The summed E-state index contributed by atoms with van der Waals surface area (Å²) in [5, 5.41) is 24.9. The number of hydrogen-bond donors (Lipinski definition) is 3. The lowest BCUT2D eigenvalue weighted by Gasteiger charge is -2.14. The average molecular weight is 428 g/mol. The highest BCUT2D eigenvalue weighted by Crippen LogP contribution is 2.36. The van der Waals surface area contributed by atoms with Gasteiger partial charge >= 0.3 is 6.09 Å². The highest BCUT2D eigenvalue weighted by atomic mass is 32.1. The quantitative estimate of drug-likeness (QED) is 0.382. The fourth-order valence-electron chi connectivity index (χ4n) is 3.05. The lowest BCUT2D eigenvalue weighted by atomic mass is 9.97. The van der Waals surface area contributed by atoms with Gasteiger partial charge in [-0.25, -0.2) is 9.78 Å².